The van der Waals surface area contributed by atoms with Gasteiger partial charge in [0.05, 0.1) is 11.2 Å². The van der Waals surface area contributed by atoms with Crippen molar-refractivity contribution < 1.29 is 18.7 Å². The first-order valence-electron chi connectivity index (χ1n) is 9.93. The highest BCUT2D eigenvalue weighted by Gasteiger charge is 2.32. The molecule has 3 aromatic rings. The fourth-order valence-corrected chi connectivity index (χ4v) is 4.54. The van der Waals surface area contributed by atoms with Crippen LogP contribution < -0.4 is 16.1 Å². The van der Waals surface area contributed by atoms with E-state index in [1.807, 2.05) is 4.90 Å². The average Bonchev–Trinajstić information content (AvgIpc) is 3.31. The average molecular weight is 423 g/mol. The molecule has 0 fully saturated rings. The van der Waals surface area contributed by atoms with Crippen molar-refractivity contribution in [3.05, 3.63) is 81.2 Å². The number of rotatable bonds is 3. The second kappa shape index (κ2) is 7.02. The number of carboxylic acid groups (broad SMARTS) is 1. The number of pyridine rings is 1. The second-order valence-electron chi connectivity index (χ2n) is 7.97. The second-order valence-corrected chi connectivity index (χ2v) is 7.97. The summed E-state index contributed by atoms with van der Waals surface area (Å²) in [6.45, 7) is 1.09. The van der Waals surface area contributed by atoms with Gasteiger partial charge in [-0.25, -0.2) is 13.6 Å². The van der Waals surface area contributed by atoms with Crippen LogP contribution in [-0.2, 0) is 0 Å². The Hall–Kier alpha value is -3.52. The maximum absolute atomic E-state index is 15.1. The first kappa shape index (κ1) is 19.4. The summed E-state index contributed by atoms with van der Waals surface area (Å²) in [6, 6.07) is 8.04. The van der Waals surface area contributed by atoms with Crippen molar-refractivity contribution in [3.63, 3.8) is 0 Å². The lowest BCUT2D eigenvalue weighted by molar-refractivity contribution is 0.0695. The van der Waals surface area contributed by atoms with Gasteiger partial charge >= 0.3 is 5.97 Å². The zero-order valence-electron chi connectivity index (χ0n) is 16.4. The van der Waals surface area contributed by atoms with Gasteiger partial charge in [0, 0.05) is 36.4 Å². The third-order valence-electron chi connectivity index (χ3n) is 6.15. The number of hydrogen-bond acceptors (Lipinski definition) is 4. The highest BCUT2D eigenvalue weighted by molar-refractivity contribution is 5.94. The molecule has 0 radical (unpaired) electrons. The number of fused-ring (bicyclic) bond motifs is 1. The lowest BCUT2D eigenvalue weighted by Crippen LogP contribution is -2.28. The van der Waals surface area contributed by atoms with Crippen LogP contribution in [0.5, 0.6) is 0 Å². The maximum Gasteiger partial charge on any atom is 0.341 e. The molecule has 0 spiro atoms. The Morgan fingerprint density at radius 3 is 2.55 bits per heavy atom. The first-order valence-corrected chi connectivity index (χ1v) is 9.93. The Labute approximate surface area is 175 Å². The zero-order chi connectivity index (χ0) is 21.9. The quantitative estimate of drug-likeness (QED) is 0.632. The van der Waals surface area contributed by atoms with E-state index in [1.54, 1.807) is 6.07 Å². The summed E-state index contributed by atoms with van der Waals surface area (Å²) in [5, 5.41) is 9.41. The minimum atomic E-state index is -1.42. The van der Waals surface area contributed by atoms with Gasteiger partial charge in [-0.1, -0.05) is 0 Å². The van der Waals surface area contributed by atoms with E-state index in [9.17, 15) is 19.1 Å². The molecule has 3 N–H and O–H groups in total. The van der Waals surface area contributed by atoms with Crippen molar-refractivity contribution in [2.45, 2.75) is 18.9 Å². The molecule has 1 atom stereocenters. The van der Waals surface area contributed by atoms with Crippen molar-refractivity contribution in [1.29, 1.82) is 0 Å². The van der Waals surface area contributed by atoms with Gasteiger partial charge in [0.25, 0.3) is 0 Å². The van der Waals surface area contributed by atoms with Crippen LogP contribution in [0.4, 0.5) is 14.5 Å². The number of nitrogens with two attached hydrogens (primary N) is 1. The van der Waals surface area contributed by atoms with Crippen LogP contribution in [0, 0.1) is 11.6 Å². The largest absolute Gasteiger partial charge is 0.477 e. The Bertz CT molecular complexity index is 1330. The Morgan fingerprint density at radius 2 is 1.87 bits per heavy atom. The number of benzene rings is 2. The molecule has 8 heteroatoms. The van der Waals surface area contributed by atoms with Gasteiger partial charge < -0.3 is 20.3 Å². The lowest BCUT2D eigenvalue weighted by atomic mass is 10.1. The molecule has 158 valence electrons. The third kappa shape index (κ3) is 3.11. The molecule has 1 aromatic heterocycles. The molecule has 0 bridgehead atoms. The highest BCUT2D eigenvalue weighted by Crippen LogP contribution is 2.36. The van der Waals surface area contributed by atoms with Crippen molar-refractivity contribution in [1.82, 2.24) is 4.57 Å². The Balaban J connectivity index is 1.71. The number of aromatic nitrogens is 1. The van der Waals surface area contributed by atoms with Gasteiger partial charge in [-0.2, -0.15) is 0 Å². The van der Waals surface area contributed by atoms with Gasteiger partial charge in [0.2, 0.25) is 5.43 Å². The maximum atomic E-state index is 15.1. The van der Waals surface area contributed by atoms with Crippen molar-refractivity contribution in [2.75, 3.05) is 18.0 Å². The number of carboxylic acids is 1. The van der Waals surface area contributed by atoms with E-state index in [1.165, 1.54) is 40.6 Å². The summed E-state index contributed by atoms with van der Waals surface area (Å²) in [5.74, 6) is -2.47. The summed E-state index contributed by atoms with van der Waals surface area (Å²) in [5.41, 5.74) is 8.37. The molecule has 0 amide bonds. The van der Waals surface area contributed by atoms with Crippen LogP contribution in [0.3, 0.4) is 0 Å². The third-order valence-corrected chi connectivity index (χ3v) is 6.15. The summed E-state index contributed by atoms with van der Waals surface area (Å²) in [6.07, 6.45) is 2.99. The minimum absolute atomic E-state index is 0.0148. The van der Waals surface area contributed by atoms with E-state index in [2.05, 4.69) is 0 Å². The Kier molecular flexibility index (Phi) is 4.40. The summed E-state index contributed by atoms with van der Waals surface area (Å²) in [7, 11) is 0. The van der Waals surface area contributed by atoms with Crippen LogP contribution in [-0.4, -0.2) is 34.8 Å². The van der Waals surface area contributed by atoms with Crippen LogP contribution in [0.15, 0.2) is 58.5 Å². The van der Waals surface area contributed by atoms with E-state index in [0.29, 0.717) is 30.0 Å². The predicted octanol–water partition coefficient (Wildman–Crippen LogP) is 3.20. The molecule has 2 aliphatic rings. The molecule has 1 unspecified atom stereocenters. The van der Waals surface area contributed by atoms with Gasteiger partial charge in [0.1, 0.15) is 17.2 Å². The molecule has 6 nitrogen and oxygen atoms in total. The van der Waals surface area contributed by atoms with E-state index >= 15 is 4.39 Å². The van der Waals surface area contributed by atoms with Gasteiger partial charge in [-0.3, -0.25) is 4.79 Å². The molecule has 2 heterocycles. The van der Waals surface area contributed by atoms with Gasteiger partial charge in [-0.15, -0.1) is 0 Å². The Morgan fingerprint density at radius 1 is 1.13 bits per heavy atom. The van der Waals surface area contributed by atoms with Gasteiger partial charge in [-0.05, 0) is 60.4 Å². The molecule has 0 saturated carbocycles. The molecule has 31 heavy (non-hydrogen) atoms. The van der Waals surface area contributed by atoms with E-state index in [-0.39, 0.29) is 11.4 Å². The number of halogens is 2. The number of nitrogens with zero attached hydrogens (tertiary/aromatic N) is 2. The van der Waals surface area contributed by atoms with E-state index in [0.717, 1.165) is 24.5 Å². The first-order chi connectivity index (χ1) is 14.8. The van der Waals surface area contributed by atoms with Crippen molar-refractivity contribution in [3.8, 4) is 5.69 Å². The van der Waals surface area contributed by atoms with E-state index < -0.39 is 28.6 Å². The lowest BCUT2D eigenvalue weighted by Gasteiger charge is -2.23. The molecule has 0 saturated heterocycles. The minimum Gasteiger partial charge on any atom is -0.477 e. The van der Waals surface area contributed by atoms with Crippen molar-refractivity contribution in [2.24, 2.45) is 5.73 Å². The molecule has 1 aliphatic heterocycles. The van der Waals surface area contributed by atoms with Crippen LogP contribution in [0.25, 0.3) is 16.6 Å². The van der Waals surface area contributed by atoms with E-state index in [4.69, 9.17) is 5.73 Å². The summed E-state index contributed by atoms with van der Waals surface area (Å²) < 4.78 is 30.0. The molecular weight excluding hydrogens is 404 g/mol. The summed E-state index contributed by atoms with van der Waals surface area (Å²) >= 11 is 0. The van der Waals surface area contributed by atoms with Crippen LogP contribution >= 0.6 is 0 Å². The highest BCUT2D eigenvalue weighted by atomic mass is 19.1. The summed E-state index contributed by atoms with van der Waals surface area (Å²) in [4.78, 5) is 26.2. The van der Waals surface area contributed by atoms with Gasteiger partial charge in [0.15, 0.2) is 0 Å². The molecule has 1 aliphatic carbocycles. The molecule has 5 rings (SSSR count). The molecular formula is C23H19F2N3O3. The predicted molar refractivity (Wildman–Crippen MR) is 113 cm³/mol. The normalized spacial score (nSPS) is 18.2. The zero-order valence-corrected chi connectivity index (χ0v) is 16.4. The van der Waals surface area contributed by atoms with Crippen molar-refractivity contribution >= 4 is 22.6 Å². The monoisotopic (exact) mass is 423 g/mol. The molecule has 2 aromatic carbocycles. The number of aromatic carboxylic acids is 1. The number of carbonyl (C=O) groups is 1. The fraction of sp³-hybridized carbons (Fsp3) is 0.217. The standard InChI is InChI=1S/C23H19F2N3O3/c24-13-2-4-14(5-3-13)28-11-17(23(30)31)22(29)15-7-18(25)21(8-20(15)28)27-9-12-1-6-19(26)16(12)10-27/h2-5,7-8,11,19H,1,6,9-10,26H2,(H,30,31). The fourth-order valence-electron chi connectivity index (χ4n) is 4.54. The topological polar surface area (TPSA) is 88.6 Å². The van der Waals surface area contributed by atoms with Crippen LogP contribution in [0.2, 0.25) is 0 Å². The smallest absolute Gasteiger partial charge is 0.341 e. The SMILES string of the molecule is NC1CCC2=C1CN(c1cc3c(cc1F)c(=O)c(C(=O)O)cn3-c1ccc(F)cc1)C2. The number of hydrogen-bond donors (Lipinski definition) is 2. The van der Waals surface area contributed by atoms with Crippen LogP contribution in [0.1, 0.15) is 23.2 Å². The number of anilines is 1.